The molecule has 1 saturated heterocycles. The summed E-state index contributed by atoms with van der Waals surface area (Å²) < 4.78 is 4.68. The molecule has 0 aromatic heterocycles. The second-order valence-electron chi connectivity index (χ2n) is 3.43. The van der Waals surface area contributed by atoms with E-state index in [1.807, 2.05) is 0 Å². The van der Waals surface area contributed by atoms with E-state index in [0.717, 1.165) is 4.90 Å². The number of hydrogen-bond acceptors (Lipinski definition) is 3. The zero-order valence-electron chi connectivity index (χ0n) is 9.99. The fraction of sp³-hybridized carbons (Fsp3) is 0.182. The molecule has 1 heterocycles. The van der Waals surface area contributed by atoms with E-state index in [9.17, 15) is 9.59 Å². The summed E-state index contributed by atoms with van der Waals surface area (Å²) in [5, 5.41) is 8.77. The molecule has 1 N–H and O–H groups in total. The molecule has 19 heavy (non-hydrogen) atoms. The van der Waals surface area contributed by atoms with E-state index in [-0.39, 0.29) is 52.2 Å². The Kier molecular flexibility index (Phi) is 7.73. The molecule has 6 nitrogen and oxygen atoms in total. The van der Waals surface area contributed by atoms with Crippen LogP contribution in [0.15, 0.2) is 18.2 Å². The predicted octanol–water partition coefficient (Wildman–Crippen LogP) is 1.72. The van der Waals surface area contributed by atoms with Crippen LogP contribution in [0.3, 0.4) is 0 Å². The van der Waals surface area contributed by atoms with Gasteiger partial charge in [-0.3, -0.25) is 0 Å². The summed E-state index contributed by atoms with van der Waals surface area (Å²) in [5.74, 6) is 0. The largest absolute Gasteiger partial charge is 0.620 e. The van der Waals surface area contributed by atoms with Crippen molar-refractivity contribution in [1.29, 1.82) is 0 Å². The summed E-state index contributed by atoms with van der Waals surface area (Å²) in [4.78, 5) is 24.4. The second-order valence-corrected chi connectivity index (χ2v) is 3.43. The average Bonchev–Trinajstić information content (AvgIpc) is 2.74. The van der Waals surface area contributed by atoms with Crippen LogP contribution in [0, 0.1) is 43.8 Å². The number of benzene rings is 1. The van der Waals surface area contributed by atoms with E-state index in [1.54, 1.807) is 18.2 Å². The van der Waals surface area contributed by atoms with Crippen molar-refractivity contribution >= 4 is 23.6 Å². The maximum absolute atomic E-state index is 11.3. The standard InChI is InChI=1S/C11H10N2O4.U.W/c1-12(10(14)15)8-2-4-9(5-3-8)13-6-7-17-11(13)16;;/h2,4-5,7H,6H2,1H3,(H,14,15);;/q-2;;. The SMILES string of the molecule is CN(C(=O)O)c1[c-]cc(N2C[CH-]OC2=O)cc1.[U].[W]. The first-order valence-electron chi connectivity index (χ1n) is 4.88. The summed E-state index contributed by atoms with van der Waals surface area (Å²) in [6.07, 6.45) is -1.51. The number of carbonyl (C=O) groups excluding carboxylic acids is 1. The zero-order chi connectivity index (χ0) is 12.4. The van der Waals surface area contributed by atoms with Crippen molar-refractivity contribution in [1.82, 2.24) is 0 Å². The van der Waals surface area contributed by atoms with Crippen molar-refractivity contribution in [3.8, 4) is 0 Å². The average molecular weight is 656 g/mol. The van der Waals surface area contributed by atoms with Gasteiger partial charge in [0.25, 0.3) is 0 Å². The van der Waals surface area contributed by atoms with Gasteiger partial charge >= 0.3 is 12.2 Å². The number of anilines is 2. The smallest absolute Gasteiger partial charge is 0.409 e. The first-order chi connectivity index (χ1) is 8.09. The topological polar surface area (TPSA) is 70.1 Å². The van der Waals surface area contributed by atoms with E-state index >= 15 is 0 Å². The van der Waals surface area contributed by atoms with Gasteiger partial charge in [0.1, 0.15) is 0 Å². The molecule has 1 aromatic carbocycles. The van der Waals surface area contributed by atoms with Gasteiger partial charge in [-0.05, 0) is 0 Å². The Labute approximate surface area is 148 Å². The van der Waals surface area contributed by atoms with E-state index in [2.05, 4.69) is 10.8 Å². The molecule has 0 saturated carbocycles. The summed E-state index contributed by atoms with van der Waals surface area (Å²) >= 11 is 0. The van der Waals surface area contributed by atoms with Gasteiger partial charge in [-0.25, -0.2) is 9.59 Å². The normalized spacial score (nSPS) is 13.1. The van der Waals surface area contributed by atoms with Crippen molar-refractivity contribution in [3.63, 3.8) is 0 Å². The first kappa shape index (κ1) is 18.5. The van der Waals surface area contributed by atoms with Crippen LogP contribution in [0.5, 0.6) is 0 Å². The fourth-order valence-corrected chi connectivity index (χ4v) is 1.42. The summed E-state index contributed by atoms with van der Waals surface area (Å²) in [6.45, 7) is 1.78. The van der Waals surface area contributed by atoms with Crippen molar-refractivity contribution in [2.45, 2.75) is 0 Å². The van der Waals surface area contributed by atoms with Gasteiger partial charge in [0.05, 0.1) is 0 Å². The van der Waals surface area contributed by atoms with Crippen LogP contribution < -0.4 is 9.80 Å². The Bertz CT molecular complexity index is 455. The number of amides is 2. The summed E-state index contributed by atoms with van der Waals surface area (Å²) in [7, 11) is 1.42. The fourth-order valence-electron chi connectivity index (χ4n) is 1.42. The van der Waals surface area contributed by atoms with Gasteiger partial charge in [-0.1, -0.05) is 17.9 Å². The number of nitrogens with zero attached hydrogens (tertiary/aromatic N) is 2. The Balaban J connectivity index is 0.00000162. The van der Waals surface area contributed by atoms with Gasteiger partial charge in [0.15, 0.2) is 0 Å². The van der Waals surface area contributed by atoms with Crippen LogP contribution >= 0.6 is 0 Å². The third-order valence-electron chi connectivity index (χ3n) is 2.40. The van der Waals surface area contributed by atoms with Crippen LogP contribution in [0.2, 0.25) is 0 Å². The van der Waals surface area contributed by atoms with Crippen molar-refractivity contribution < 1.29 is 71.6 Å². The van der Waals surface area contributed by atoms with Crippen LogP contribution in [0.1, 0.15) is 0 Å². The van der Waals surface area contributed by atoms with Gasteiger partial charge < -0.3 is 19.6 Å². The first-order valence-corrected chi connectivity index (χ1v) is 4.88. The number of rotatable bonds is 2. The van der Waals surface area contributed by atoms with Crippen LogP contribution in [0.25, 0.3) is 0 Å². The molecule has 2 rings (SSSR count). The Hall–Kier alpha value is -0.500. The molecule has 1 aliphatic rings. The van der Waals surface area contributed by atoms with Crippen molar-refractivity contribution in [3.05, 3.63) is 30.9 Å². The second kappa shape index (κ2) is 7.94. The minimum absolute atomic E-state index is 0. The van der Waals surface area contributed by atoms with E-state index < -0.39 is 12.2 Å². The van der Waals surface area contributed by atoms with Gasteiger partial charge in [-0.15, -0.1) is 18.7 Å². The third-order valence-corrected chi connectivity index (χ3v) is 2.40. The Morgan fingerprint density at radius 3 is 2.68 bits per heavy atom. The van der Waals surface area contributed by atoms with Gasteiger partial charge in [0.2, 0.25) is 0 Å². The number of hydrogen-bond donors (Lipinski definition) is 1. The van der Waals surface area contributed by atoms with E-state index in [1.165, 1.54) is 18.6 Å². The number of ether oxygens (including phenoxy) is 1. The molecule has 0 radical (unpaired) electrons. The van der Waals surface area contributed by atoms with Crippen LogP contribution in [0.4, 0.5) is 21.0 Å². The van der Waals surface area contributed by atoms with Crippen molar-refractivity contribution in [2.75, 3.05) is 23.4 Å². The molecule has 8 heteroatoms. The molecule has 2 amide bonds. The minimum atomic E-state index is -1.07. The number of cyclic esters (lactones) is 1. The minimum Gasteiger partial charge on any atom is -0.620 e. The molecule has 0 aliphatic carbocycles. The quantitative estimate of drug-likeness (QED) is 0.493. The molecule has 1 aromatic rings. The Morgan fingerprint density at radius 1 is 1.58 bits per heavy atom. The molecule has 1 fully saturated rings. The molecule has 0 spiro atoms. The molecule has 1 aliphatic heterocycles. The zero-order valence-corrected chi connectivity index (χ0v) is 17.1. The van der Waals surface area contributed by atoms with Gasteiger partial charge in [0, 0.05) is 59.2 Å². The van der Waals surface area contributed by atoms with Crippen LogP contribution in [-0.4, -0.2) is 30.9 Å². The molecule has 0 bridgehead atoms. The predicted molar refractivity (Wildman–Crippen MR) is 59.8 cm³/mol. The van der Waals surface area contributed by atoms with Gasteiger partial charge in [-0.2, -0.15) is 12.1 Å². The molecule has 0 atom stereocenters. The number of carbonyl (C=O) groups is 2. The Morgan fingerprint density at radius 2 is 2.26 bits per heavy atom. The maximum atomic E-state index is 11.3. The molecule has 0 unspecified atom stereocenters. The summed E-state index contributed by atoms with van der Waals surface area (Å²) in [6, 6.07) is 7.57. The monoisotopic (exact) mass is 656 g/mol. The molecule has 100 valence electrons. The molecular formula is C11H10N2O4UW-2. The molecular weight excluding hydrogens is 646 g/mol. The third kappa shape index (κ3) is 4.24. The van der Waals surface area contributed by atoms with E-state index in [4.69, 9.17) is 5.11 Å². The van der Waals surface area contributed by atoms with E-state index in [0.29, 0.717) is 17.9 Å². The van der Waals surface area contributed by atoms with Crippen LogP contribution in [-0.2, 0) is 25.8 Å². The summed E-state index contributed by atoms with van der Waals surface area (Å²) in [5.41, 5.74) is 1.03. The maximum Gasteiger partial charge on any atom is 0.409 e. The van der Waals surface area contributed by atoms with Crippen molar-refractivity contribution in [2.24, 2.45) is 0 Å². The number of carboxylic acid groups (broad SMARTS) is 1.